The molecule has 0 amide bonds. The topological polar surface area (TPSA) is 35.5 Å². The summed E-state index contributed by atoms with van der Waals surface area (Å²) in [6, 6.07) is 0. The van der Waals surface area contributed by atoms with Crippen molar-refractivity contribution in [3.63, 3.8) is 0 Å². The third kappa shape index (κ3) is 5.64. The molecule has 0 bridgehead atoms. The zero-order valence-corrected chi connectivity index (χ0v) is 9.00. The highest BCUT2D eigenvalue weighted by Crippen LogP contribution is 2.02. The second-order valence-electron chi connectivity index (χ2n) is 3.17. The van der Waals surface area contributed by atoms with Crippen LogP contribution in [0.1, 0.15) is 40.5 Å². The van der Waals surface area contributed by atoms with E-state index in [9.17, 15) is 4.79 Å². The minimum Gasteiger partial charge on any atom is -0.461 e. The fraction of sp³-hybridized carbons (Fsp3) is 0.900. The molecule has 0 spiro atoms. The van der Waals surface area contributed by atoms with Gasteiger partial charge in [-0.05, 0) is 26.7 Å². The molecule has 0 N–H and O–H groups in total. The summed E-state index contributed by atoms with van der Waals surface area (Å²) in [6.45, 7) is 8.20. The molecule has 0 saturated heterocycles. The van der Waals surface area contributed by atoms with E-state index in [-0.39, 0.29) is 12.1 Å². The van der Waals surface area contributed by atoms with E-state index in [0.29, 0.717) is 6.61 Å². The Kier molecular flexibility index (Phi) is 6.59. The third-order valence-corrected chi connectivity index (χ3v) is 1.80. The first-order valence-corrected chi connectivity index (χ1v) is 4.93. The summed E-state index contributed by atoms with van der Waals surface area (Å²) in [5.74, 6) is -0.261. The Morgan fingerprint density at radius 2 is 1.92 bits per heavy atom. The highest BCUT2D eigenvalue weighted by molar-refractivity contribution is 5.74. The SMILES string of the molecule is CCCOC(C)C(=O)OC(C)CC. The average molecular weight is 188 g/mol. The predicted molar refractivity (Wildman–Crippen MR) is 51.6 cm³/mol. The van der Waals surface area contributed by atoms with Crippen LogP contribution in [-0.4, -0.2) is 24.8 Å². The van der Waals surface area contributed by atoms with E-state index < -0.39 is 6.10 Å². The number of esters is 1. The largest absolute Gasteiger partial charge is 0.461 e. The smallest absolute Gasteiger partial charge is 0.335 e. The first-order chi connectivity index (χ1) is 6.11. The van der Waals surface area contributed by atoms with Gasteiger partial charge in [-0.25, -0.2) is 4.79 Å². The van der Waals surface area contributed by atoms with Crippen molar-refractivity contribution in [2.24, 2.45) is 0 Å². The molecule has 13 heavy (non-hydrogen) atoms. The second kappa shape index (κ2) is 6.89. The molecule has 0 radical (unpaired) electrons. The van der Waals surface area contributed by atoms with Crippen molar-refractivity contribution >= 4 is 5.97 Å². The van der Waals surface area contributed by atoms with Crippen LogP contribution in [0.2, 0.25) is 0 Å². The van der Waals surface area contributed by atoms with Crippen LogP contribution in [0.4, 0.5) is 0 Å². The molecule has 78 valence electrons. The van der Waals surface area contributed by atoms with Gasteiger partial charge in [0, 0.05) is 6.61 Å². The summed E-state index contributed by atoms with van der Waals surface area (Å²) in [4.78, 5) is 11.3. The molecule has 0 aliphatic heterocycles. The maximum Gasteiger partial charge on any atom is 0.335 e. The molecule has 3 heteroatoms. The molecule has 0 aromatic rings. The van der Waals surface area contributed by atoms with Crippen LogP contribution in [0.15, 0.2) is 0 Å². The van der Waals surface area contributed by atoms with Crippen molar-refractivity contribution in [3.8, 4) is 0 Å². The van der Waals surface area contributed by atoms with Gasteiger partial charge in [-0.1, -0.05) is 13.8 Å². The first-order valence-electron chi connectivity index (χ1n) is 4.93. The number of rotatable bonds is 6. The maximum absolute atomic E-state index is 11.3. The highest BCUT2D eigenvalue weighted by atomic mass is 16.6. The monoisotopic (exact) mass is 188 g/mol. The summed E-state index contributed by atoms with van der Waals surface area (Å²) in [5.41, 5.74) is 0. The quantitative estimate of drug-likeness (QED) is 0.599. The molecule has 0 aromatic heterocycles. The van der Waals surface area contributed by atoms with Gasteiger partial charge in [0.25, 0.3) is 0 Å². The lowest BCUT2D eigenvalue weighted by Crippen LogP contribution is -2.26. The molecule has 0 fully saturated rings. The number of ether oxygens (including phenoxy) is 2. The normalized spacial score (nSPS) is 15.1. The van der Waals surface area contributed by atoms with E-state index in [1.165, 1.54) is 0 Å². The molecular formula is C10H20O3. The van der Waals surface area contributed by atoms with Crippen molar-refractivity contribution in [1.29, 1.82) is 0 Å². The summed E-state index contributed by atoms with van der Waals surface area (Å²) >= 11 is 0. The zero-order chi connectivity index (χ0) is 10.3. The van der Waals surface area contributed by atoms with Crippen molar-refractivity contribution in [1.82, 2.24) is 0 Å². The van der Waals surface area contributed by atoms with Gasteiger partial charge in [-0.15, -0.1) is 0 Å². The minimum atomic E-state index is -0.436. The summed E-state index contributed by atoms with van der Waals surface area (Å²) < 4.78 is 10.3. The summed E-state index contributed by atoms with van der Waals surface area (Å²) in [5, 5.41) is 0. The van der Waals surface area contributed by atoms with Gasteiger partial charge in [0.2, 0.25) is 0 Å². The highest BCUT2D eigenvalue weighted by Gasteiger charge is 2.16. The Balaban J connectivity index is 3.68. The Bertz CT molecular complexity index is 145. The lowest BCUT2D eigenvalue weighted by atomic mass is 10.3. The van der Waals surface area contributed by atoms with Gasteiger partial charge in [-0.2, -0.15) is 0 Å². The van der Waals surface area contributed by atoms with Gasteiger partial charge < -0.3 is 9.47 Å². The van der Waals surface area contributed by atoms with Crippen molar-refractivity contribution < 1.29 is 14.3 Å². The van der Waals surface area contributed by atoms with Crippen LogP contribution in [0.3, 0.4) is 0 Å². The van der Waals surface area contributed by atoms with Gasteiger partial charge >= 0.3 is 5.97 Å². The minimum absolute atomic E-state index is 0.0137. The van der Waals surface area contributed by atoms with Crippen LogP contribution in [0.5, 0.6) is 0 Å². The fourth-order valence-electron chi connectivity index (χ4n) is 0.740. The van der Waals surface area contributed by atoms with E-state index in [0.717, 1.165) is 12.8 Å². The molecule has 0 aliphatic carbocycles. The second-order valence-corrected chi connectivity index (χ2v) is 3.17. The van der Waals surface area contributed by atoms with Crippen molar-refractivity contribution in [2.45, 2.75) is 52.7 Å². The van der Waals surface area contributed by atoms with Gasteiger partial charge in [0.15, 0.2) is 6.10 Å². The Morgan fingerprint density at radius 3 is 2.38 bits per heavy atom. The molecule has 3 nitrogen and oxygen atoms in total. The zero-order valence-electron chi connectivity index (χ0n) is 9.00. The van der Waals surface area contributed by atoms with Crippen LogP contribution in [0.25, 0.3) is 0 Å². The Hall–Kier alpha value is -0.570. The summed E-state index contributed by atoms with van der Waals surface area (Å²) in [6.07, 6.45) is 1.31. The molecule has 0 rings (SSSR count). The summed E-state index contributed by atoms with van der Waals surface area (Å²) in [7, 11) is 0. The van der Waals surface area contributed by atoms with Gasteiger partial charge in [0.1, 0.15) is 0 Å². The molecule has 0 aliphatic rings. The van der Waals surface area contributed by atoms with Crippen LogP contribution in [-0.2, 0) is 14.3 Å². The van der Waals surface area contributed by atoms with Crippen LogP contribution in [0, 0.1) is 0 Å². The molecule has 0 saturated carbocycles. The van der Waals surface area contributed by atoms with E-state index in [2.05, 4.69) is 0 Å². The van der Waals surface area contributed by atoms with Crippen LogP contribution >= 0.6 is 0 Å². The average Bonchev–Trinajstić information content (AvgIpc) is 2.13. The lowest BCUT2D eigenvalue weighted by Gasteiger charge is -2.15. The third-order valence-electron chi connectivity index (χ3n) is 1.80. The number of hydrogen-bond acceptors (Lipinski definition) is 3. The molecule has 2 atom stereocenters. The van der Waals surface area contributed by atoms with Gasteiger partial charge in [-0.3, -0.25) is 0 Å². The van der Waals surface area contributed by atoms with E-state index in [4.69, 9.17) is 9.47 Å². The van der Waals surface area contributed by atoms with Crippen molar-refractivity contribution in [3.05, 3.63) is 0 Å². The number of hydrogen-bond donors (Lipinski definition) is 0. The fourth-order valence-corrected chi connectivity index (χ4v) is 0.740. The number of carbonyl (C=O) groups excluding carboxylic acids is 1. The Labute approximate surface area is 80.4 Å². The van der Waals surface area contributed by atoms with Crippen molar-refractivity contribution in [2.75, 3.05) is 6.61 Å². The predicted octanol–water partition coefficient (Wildman–Crippen LogP) is 2.14. The van der Waals surface area contributed by atoms with E-state index in [1.54, 1.807) is 6.92 Å². The van der Waals surface area contributed by atoms with E-state index >= 15 is 0 Å². The molecule has 2 unspecified atom stereocenters. The molecule has 0 aromatic carbocycles. The maximum atomic E-state index is 11.3. The molecular weight excluding hydrogens is 168 g/mol. The number of carbonyl (C=O) groups is 1. The van der Waals surface area contributed by atoms with Crippen LogP contribution < -0.4 is 0 Å². The van der Waals surface area contributed by atoms with Gasteiger partial charge in [0.05, 0.1) is 6.10 Å². The van der Waals surface area contributed by atoms with E-state index in [1.807, 2.05) is 20.8 Å². The Morgan fingerprint density at radius 1 is 1.31 bits per heavy atom. The molecule has 0 heterocycles. The standard InChI is InChI=1S/C10H20O3/c1-5-7-12-9(4)10(11)13-8(3)6-2/h8-9H,5-7H2,1-4H3. The lowest BCUT2D eigenvalue weighted by molar-refractivity contribution is -0.160. The first kappa shape index (κ1) is 12.4.